The third-order valence-electron chi connectivity index (χ3n) is 5.39. The van der Waals surface area contributed by atoms with Crippen molar-refractivity contribution >= 4 is 23.1 Å². The number of ether oxygens (including phenoxy) is 2. The number of benzene rings is 1. The largest absolute Gasteiger partial charge is 0.454 e. The van der Waals surface area contributed by atoms with Gasteiger partial charge in [-0.1, -0.05) is 6.92 Å². The van der Waals surface area contributed by atoms with Crippen LogP contribution in [0, 0.1) is 5.92 Å². The van der Waals surface area contributed by atoms with E-state index in [4.69, 9.17) is 9.47 Å². The van der Waals surface area contributed by atoms with Crippen molar-refractivity contribution in [1.82, 2.24) is 19.2 Å². The first-order valence-corrected chi connectivity index (χ1v) is 9.97. The Morgan fingerprint density at radius 1 is 1.30 bits per heavy atom. The molecule has 0 saturated carbocycles. The molecule has 2 aliphatic rings. The molecule has 30 heavy (non-hydrogen) atoms. The average molecular weight is 410 g/mol. The van der Waals surface area contributed by atoms with Crippen LogP contribution in [0.2, 0.25) is 0 Å². The highest BCUT2D eigenvalue weighted by atomic mass is 16.7. The number of rotatable bonds is 4. The molecule has 2 aromatic heterocycles. The van der Waals surface area contributed by atoms with Gasteiger partial charge in [0.1, 0.15) is 6.54 Å². The minimum atomic E-state index is -0.375. The van der Waals surface area contributed by atoms with Gasteiger partial charge >= 0.3 is 5.69 Å². The van der Waals surface area contributed by atoms with Crippen LogP contribution in [0.4, 0.5) is 11.5 Å². The summed E-state index contributed by atoms with van der Waals surface area (Å²) in [6, 6.07) is 5.14. The van der Waals surface area contributed by atoms with E-state index in [2.05, 4.69) is 27.2 Å². The monoisotopic (exact) mass is 410 g/mol. The number of carbonyl (C=O) groups is 1. The van der Waals surface area contributed by atoms with Crippen LogP contribution in [0.25, 0.3) is 5.65 Å². The number of anilines is 2. The van der Waals surface area contributed by atoms with Crippen molar-refractivity contribution in [1.29, 1.82) is 0 Å². The van der Waals surface area contributed by atoms with E-state index in [1.807, 2.05) is 0 Å². The zero-order valence-corrected chi connectivity index (χ0v) is 16.6. The molecular weight excluding hydrogens is 388 g/mol. The summed E-state index contributed by atoms with van der Waals surface area (Å²) >= 11 is 0. The molecule has 3 aromatic rings. The van der Waals surface area contributed by atoms with Crippen LogP contribution >= 0.6 is 0 Å². The van der Waals surface area contributed by atoms with Gasteiger partial charge in [-0.05, 0) is 30.9 Å². The molecule has 156 valence electrons. The Morgan fingerprint density at radius 3 is 3.03 bits per heavy atom. The molecular formula is C20H22N6O4. The Bertz CT molecular complexity index is 1170. The third-order valence-corrected chi connectivity index (χ3v) is 5.39. The molecule has 4 heterocycles. The van der Waals surface area contributed by atoms with Gasteiger partial charge in [0, 0.05) is 37.2 Å². The topological polar surface area (TPSA) is 103 Å². The normalized spacial score (nSPS) is 18.0. The molecule has 0 unspecified atom stereocenters. The van der Waals surface area contributed by atoms with Gasteiger partial charge < -0.3 is 19.7 Å². The summed E-state index contributed by atoms with van der Waals surface area (Å²) in [7, 11) is 0. The van der Waals surface area contributed by atoms with Gasteiger partial charge in [0.25, 0.3) is 0 Å². The summed E-state index contributed by atoms with van der Waals surface area (Å²) in [5, 5.41) is 7.18. The summed E-state index contributed by atoms with van der Waals surface area (Å²) < 4.78 is 13.2. The molecule has 0 bridgehead atoms. The van der Waals surface area contributed by atoms with Crippen molar-refractivity contribution in [2.45, 2.75) is 26.3 Å². The van der Waals surface area contributed by atoms with E-state index in [9.17, 15) is 9.59 Å². The fourth-order valence-electron chi connectivity index (χ4n) is 3.95. The Balaban J connectivity index is 1.38. The molecule has 10 heteroatoms. The Labute approximate surface area is 172 Å². The van der Waals surface area contributed by atoms with Gasteiger partial charge in [-0.15, -0.1) is 5.10 Å². The van der Waals surface area contributed by atoms with Crippen LogP contribution in [0.3, 0.4) is 0 Å². The zero-order valence-electron chi connectivity index (χ0n) is 16.6. The molecule has 0 spiro atoms. The van der Waals surface area contributed by atoms with E-state index in [1.165, 1.54) is 10.8 Å². The average Bonchev–Trinajstić information content (AvgIpc) is 3.32. The highest BCUT2D eigenvalue weighted by Crippen LogP contribution is 2.34. The first kappa shape index (κ1) is 18.5. The molecule has 5 rings (SSSR count). The molecule has 0 aliphatic carbocycles. The van der Waals surface area contributed by atoms with E-state index >= 15 is 0 Å². The van der Waals surface area contributed by atoms with Gasteiger partial charge in [-0.25, -0.2) is 18.9 Å². The fourth-order valence-corrected chi connectivity index (χ4v) is 3.95. The molecule has 0 radical (unpaired) electrons. The molecule has 1 atom stereocenters. The molecule has 1 amide bonds. The van der Waals surface area contributed by atoms with E-state index in [1.54, 1.807) is 30.6 Å². The second-order valence-electron chi connectivity index (χ2n) is 7.69. The quantitative estimate of drug-likeness (QED) is 0.695. The van der Waals surface area contributed by atoms with Crippen LogP contribution in [-0.2, 0) is 11.3 Å². The second kappa shape index (κ2) is 7.36. The number of hydrogen-bond acceptors (Lipinski definition) is 7. The number of amides is 1. The third kappa shape index (κ3) is 3.34. The number of nitrogens with zero attached hydrogens (tertiary/aromatic N) is 5. The second-order valence-corrected chi connectivity index (χ2v) is 7.69. The zero-order chi connectivity index (χ0) is 20.7. The van der Waals surface area contributed by atoms with Gasteiger partial charge in [-0.3, -0.25) is 4.79 Å². The van der Waals surface area contributed by atoms with E-state index in [0.29, 0.717) is 34.6 Å². The molecule has 2 aliphatic heterocycles. The van der Waals surface area contributed by atoms with Crippen molar-refractivity contribution in [3.05, 3.63) is 41.1 Å². The van der Waals surface area contributed by atoms with Crippen LogP contribution in [0.5, 0.6) is 11.5 Å². The van der Waals surface area contributed by atoms with E-state index in [-0.39, 0.29) is 24.9 Å². The van der Waals surface area contributed by atoms with Crippen molar-refractivity contribution in [3.63, 3.8) is 0 Å². The Kier molecular flexibility index (Phi) is 4.53. The van der Waals surface area contributed by atoms with E-state index in [0.717, 1.165) is 24.2 Å². The molecule has 1 aromatic carbocycles. The maximum absolute atomic E-state index is 12.8. The number of hydrogen-bond donors (Lipinski definition) is 1. The van der Waals surface area contributed by atoms with Crippen LogP contribution < -0.4 is 25.4 Å². The lowest BCUT2D eigenvalue weighted by Gasteiger charge is -2.31. The lowest BCUT2D eigenvalue weighted by Crippen LogP contribution is -2.35. The summed E-state index contributed by atoms with van der Waals surface area (Å²) in [6.07, 6.45) is 5.43. The van der Waals surface area contributed by atoms with Gasteiger partial charge in [-0.2, -0.15) is 0 Å². The highest BCUT2D eigenvalue weighted by Gasteiger charge is 2.22. The van der Waals surface area contributed by atoms with Crippen molar-refractivity contribution in [3.8, 4) is 11.5 Å². The highest BCUT2D eigenvalue weighted by molar-refractivity contribution is 5.91. The van der Waals surface area contributed by atoms with Crippen LogP contribution in [0.1, 0.15) is 19.8 Å². The lowest BCUT2D eigenvalue weighted by molar-refractivity contribution is -0.117. The Morgan fingerprint density at radius 2 is 2.17 bits per heavy atom. The van der Waals surface area contributed by atoms with Crippen molar-refractivity contribution in [2.24, 2.45) is 5.92 Å². The lowest BCUT2D eigenvalue weighted by atomic mass is 10.0. The molecule has 1 saturated heterocycles. The summed E-state index contributed by atoms with van der Waals surface area (Å²) in [6.45, 7) is 3.92. The predicted octanol–water partition coefficient (Wildman–Crippen LogP) is 1.49. The maximum Gasteiger partial charge on any atom is 0.350 e. The first-order valence-electron chi connectivity index (χ1n) is 9.97. The van der Waals surface area contributed by atoms with Crippen LogP contribution in [-0.4, -0.2) is 45.0 Å². The predicted molar refractivity (Wildman–Crippen MR) is 109 cm³/mol. The van der Waals surface area contributed by atoms with Gasteiger partial charge in [0.2, 0.25) is 18.3 Å². The molecule has 1 N–H and O–H groups in total. The van der Waals surface area contributed by atoms with Crippen molar-refractivity contribution in [2.75, 3.05) is 30.1 Å². The Hall–Kier alpha value is -3.56. The number of fused-ring (bicyclic) bond motifs is 2. The summed E-state index contributed by atoms with van der Waals surface area (Å²) in [4.78, 5) is 31.9. The van der Waals surface area contributed by atoms with Gasteiger partial charge in [0.15, 0.2) is 17.3 Å². The standard InChI is InChI=1S/C20H22N6O4/c1-13-3-2-7-24(10-13)18-19-23-26(20(28)25(19)8-6-21-18)11-17(27)22-14-4-5-15-16(9-14)30-12-29-15/h4-6,8-9,13H,2-3,7,10-12H2,1H3,(H,22,27)/t13-/m1/s1. The number of aromatic nitrogens is 4. The van der Waals surface area contributed by atoms with Gasteiger partial charge in [0.05, 0.1) is 0 Å². The number of nitrogens with one attached hydrogen (secondary N) is 1. The SMILES string of the molecule is C[C@@H]1CCCN(c2nccn3c(=O)n(CC(=O)Nc4ccc5c(c4)OCO5)nc23)C1. The smallest absolute Gasteiger partial charge is 0.350 e. The fraction of sp³-hybridized carbons (Fsp3) is 0.400. The van der Waals surface area contributed by atoms with E-state index < -0.39 is 0 Å². The molecule has 10 nitrogen and oxygen atoms in total. The summed E-state index contributed by atoms with van der Waals surface area (Å²) in [5.41, 5.74) is 0.651. The minimum absolute atomic E-state index is 0.162. The van der Waals surface area contributed by atoms with Crippen molar-refractivity contribution < 1.29 is 14.3 Å². The molecule has 1 fully saturated rings. The van der Waals surface area contributed by atoms with Crippen LogP contribution in [0.15, 0.2) is 35.4 Å². The minimum Gasteiger partial charge on any atom is -0.454 e. The maximum atomic E-state index is 12.8. The first-order chi connectivity index (χ1) is 14.6. The number of carbonyl (C=O) groups excluding carboxylic acids is 1. The number of piperidine rings is 1. The summed E-state index contributed by atoms with van der Waals surface area (Å²) in [5.74, 6) is 2.08.